The number of piperazine rings is 1. The molecule has 1 atom stereocenters. The van der Waals surface area contributed by atoms with Crippen LogP contribution in [0, 0.1) is 17.5 Å². The zero-order chi connectivity index (χ0) is 25.2. The molecule has 36 heavy (non-hydrogen) atoms. The second kappa shape index (κ2) is 9.85. The maximum absolute atomic E-state index is 14.0. The number of anilines is 2. The van der Waals surface area contributed by atoms with Gasteiger partial charge in [-0.15, -0.1) is 10.2 Å². The first-order chi connectivity index (χ1) is 17.4. The van der Waals surface area contributed by atoms with Crippen molar-refractivity contribution in [2.24, 2.45) is 0 Å². The number of benzene rings is 3. The number of amides is 2. The van der Waals surface area contributed by atoms with Crippen LogP contribution in [0.15, 0.2) is 66.7 Å². The van der Waals surface area contributed by atoms with E-state index in [0.717, 1.165) is 28.5 Å². The third-order valence-corrected chi connectivity index (χ3v) is 6.47. The highest BCUT2D eigenvalue weighted by Gasteiger charge is 2.31. The van der Waals surface area contributed by atoms with Crippen molar-refractivity contribution in [3.05, 3.63) is 84.2 Å². The van der Waals surface area contributed by atoms with E-state index in [-0.39, 0.29) is 17.5 Å². The Bertz CT molecular complexity index is 1410. The number of urea groups is 1. The van der Waals surface area contributed by atoms with Crippen molar-refractivity contribution >= 4 is 28.3 Å². The van der Waals surface area contributed by atoms with Gasteiger partial charge in [0.1, 0.15) is 23.1 Å². The van der Waals surface area contributed by atoms with E-state index in [1.54, 1.807) is 17.0 Å². The van der Waals surface area contributed by atoms with Crippen LogP contribution < -0.4 is 10.2 Å². The van der Waals surface area contributed by atoms with E-state index < -0.39 is 17.7 Å². The molecule has 1 fully saturated rings. The predicted octanol–water partition coefficient (Wildman–Crippen LogP) is 5.85. The van der Waals surface area contributed by atoms with Crippen LogP contribution in [-0.4, -0.2) is 46.8 Å². The lowest BCUT2D eigenvalue weighted by molar-refractivity contribution is 0.176. The van der Waals surface area contributed by atoms with Crippen molar-refractivity contribution < 1.29 is 18.0 Å². The fourth-order valence-electron chi connectivity index (χ4n) is 4.59. The van der Waals surface area contributed by atoms with Crippen LogP contribution >= 0.6 is 0 Å². The summed E-state index contributed by atoms with van der Waals surface area (Å²) in [6.45, 7) is 3.39. The highest BCUT2D eigenvalue weighted by atomic mass is 19.1. The van der Waals surface area contributed by atoms with Crippen LogP contribution in [0.4, 0.5) is 29.5 Å². The molecular weight excluding hydrogens is 467 g/mol. The average molecular weight is 492 g/mol. The third kappa shape index (κ3) is 4.56. The van der Waals surface area contributed by atoms with Crippen molar-refractivity contribution in [2.45, 2.75) is 19.4 Å². The zero-order valence-electron chi connectivity index (χ0n) is 19.6. The van der Waals surface area contributed by atoms with Gasteiger partial charge in [0, 0.05) is 42.0 Å². The molecule has 0 bridgehead atoms. The van der Waals surface area contributed by atoms with E-state index in [0.29, 0.717) is 37.6 Å². The van der Waals surface area contributed by atoms with E-state index in [1.807, 2.05) is 31.2 Å². The molecular formula is C27H24F3N5O. The molecule has 5 rings (SSSR count). The molecule has 0 saturated carbocycles. The Balaban J connectivity index is 1.39. The summed E-state index contributed by atoms with van der Waals surface area (Å²) in [4.78, 5) is 16.7. The lowest BCUT2D eigenvalue weighted by Gasteiger charge is -2.41. The van der Waals surface area contributed by atoms with Gasteiger partial charge in [-0.2, -0.15) is 0 Å². The molecule has 1 aliphatic rings. The molecule has 1 aliphatic heterocycles. The second-order valence-electron chi connectivity index (χ2n) is 8.68. The number of fused-ring (bicyclic) bond motifs is 1. The summed E-state index contributed by atoms with van der Waals surface area (Å²) >= 11 is 0. The minimum Gasteiger partial charge on any atom is -0.351 e. The number of carbonyl (C=O) groups is 1. The molecule has 1 unspecified atom stereocenters. The van der Waals surface area contributed by atoms with Gasteiger partial charge in [-0.25, -0.2) is 18.0 Å². The van der Waals surface area contributed by atoms with E-state index in [9.17, 15) is 18.0 Å². The second-order valence-corrected chi connectivity index (χ2v) is 8.68. The smallest absolute Gasteiger partial charge is 0.322 e. The molecule has 2 heterocycles. The van der Waals surface area contributed by atoms with Crippen molar-refractivity contribution in [2.75, 3.05) is 29.9 Å². The van der Waals surface area contributed by atoms with Crippen molar-refractivity contribution in [3.63, 3.8) is 0 Å². The van der Waals surface area contributed by atoms with E-state index in [2.05, 4.69) is 20.4 Å². The van der Waals surface area contributed by atoms with Crippen molar-refractivity contribution in [1.29, 1.82) is 0 Å². The highest BCUT2D eigenvalue weighted by Crippen LogP contribution is 2.32. The van der Waals surface area contributed by atoms with Gasteiger partial charge in [-0.1, -0.05) is 31.2 Å². The summed E-state index contributed by atoms with van der Waals surface area (Å²) in [5.74, 6) is -1.13. The fourth-order valence-corrected chi connectivity index (χ4v) is 4.59. The standard InChI is InChI=1S/C27H24F3N5O/c1-2-20-16-34(13-14-35(20)27(36)31-24-12-11-19(29)15-23(24)30)26-22-6-4-3-5-21(22)25(32-33-26)17-7-9-18(28)10-8-17/h3-12,15,20H,2,13-14,16H2,1H3,(H,31,36). The van der Waals surface area contributed by atoms with Gasteiger partial charge in [0.05, 0.1) is 11.7 Å². The Morgan fingerprint density at radius 3 is 2.39 bits per heavy atom. The minimum absolute atomic E-state index is 0.0630. The number of nitrogens with one attached hydrogen (secondary N) is 1. The molecule has 184 valence electrons. The number of nitrogens with zero attached hydrogens (tertiary/aromatic N) is 4. The predicted molar refractivity (Wildman–Crippen MR) is 133 cm³/mol. The first-order valence-electron chi connectivity index (χ1n) is 11.7. The molecule has 0 aliphatic carbocycles. The number of hydrogen-bond acceptors (Lipinski definition) is 4. The third-order valence-electron chi connectivity index (χ3n) is 6.47. The summed E-state index contributed by atoms with van der Waals surface area (Å²) in [6.07, 6.45) is 0.675. The van der Waals surface area contributed by atoms with Crippen LogP contribution in [-0.2, 0) is 0 Å². The van der Waals surface area contributed by atoms with E-state index in [1.165, 1.54) is 18.2 Å². The van der Waals surface area contributed by atoms with Gasteiger partial charge in [0.2, 0.25) is 0 Å². The summed E-state index contributed by atoms with van der Waals surface area (Å²) in [6, 6.07) is 16.4. The maximum atomic E-state index is 14.0. The Morgan fingerprint density at radius 1 is 0.944 bits per heavy atom. The van der Waals surface area contributed by atoms with Crippen LogP contribution in [0.2, 0.25) is 0 Å². The number of hydrogen-bond donors (Lipinski definition) is 1. The summed E-state index contributed by atoms with van der Waals surface area (Å²) in [5.41, 5.74) is 1.38. The number of carbonyl (C=O) groups excluding carboxylic acids is 1. The van der Waals surface area contributed by atoms with Gasteiger partial charge >= 0.3 is 6.03 Å². The molecule has 1 saturated heterocycles. The van der Waals surface area contributed by atoms with Gasteiger partial charge in [-0.3, -0.25) is 0 Å². The number of halogens is 3. The number of rotatable bonds is 4. The first-order valence-corrected chi connectivity index (χ1v) is 11.7. The Labute approximate surface area is 206 Å². The number of aromatic nitrogens is 2. The topological polar surface area (TPSA) is 61.4 Å². The monoisotopic (exact) mass is 491 g/mol. The highest BCUT2D eigenvalue weighted by molar-refractivity contribution is 6.00. The lowest BCUT2D eigenvalue weighted by atomic mass is 10.0. The van der Waals surface area contributed by atoms with Gasteiger partial charge in [-0.05, 0) is 42.8 Å². The van der Waals surface area contributed by atoms with E-state index in [4.69, 9.17) is 0 Å². The molecule has 4 aromatic rings. The molecule has 1 aromatic heterocycles. The maximum Gasteiger partial charge on any atom is 0.322 e. The van der Waals surface area contributed by atoms with Crippen molar-refractivity contribution in [3.8, 4) is 11.3 Å². The molecule has 0 spiro atoms. The molecule has 2 amide bonds. The summed E-state index contributed by atoms with van der Waals surface area (Å²) < 4.78 is 40.7. The SMILES string of the molecule is CCC1CN(c2nnc(-c3ccc(F)cc3)c3ccccc23)CCN1C(=O)Nc1ccc(F)cc1F. The van der Waals surface area contributed by atoms with Crippen LogP contribution in [0.3, 0.4) is 0 Å². The summed E-state index contributed by atoms with van der Waals surface area (Å²) in [7, 11) is 0. The van der Waals surface area contributed by atoms with Gasteiger partial charge < -0.3 is 15.1 Å². The molecule has 3 aromatic carbocycles. The van der Waals surface area contributed by atoms with Crippen LogP contribution in [0.5, 0.6) is 0 Å². The van der Waals surface area contributed by atoms with Gasteiger partial charge in [0.25, 0.3) is 0 Å². The quantitative estimate of drug-likeness (QED) is 0.389. The average Bonchev–Trinajstić information content (AvgIpc) is 2.90. The Morgan fingerprint density at radius 2 is 1.67 bits per heavy atom. The molecule has 1 N–H and O–H groups in total. The summed E-state index contributed by atoms with van der Waals surface area (Å²) in [5, 5.41) is 13.4. The van der Waals surface area contributed by atoms with E-state index >= 15 is 0 Å². The first kappa shape index (κ1) is 23.6. The fraction of sp³-hybridized carbons (Fsp3) is 0.222. The zero-order valence-corrected chi connectivity index (χ0v) is 19.6. The Kier molecular flexibility index (Phi) is 6.45. The minimum atomic E-state index is -0.821. The largest absolute Gasteiger partial charge is 0.351 e. The lowest BCUT2D eigenvalue weighted by Crippen LogP contribution is -2.56. The van der Waals surface area contributed by atoms with Crippen molar-refractivity contribution in [1.82, 2.24) is 15.1 Å². The van der Waals surface area contributed by atoms with Crippen LogP contribution in [0.25, 0.3) is 22.0 Å². The Hall–Kier alpha value is -4.14. The molecule has 0 radical (unpaired) electrons. The molecule has 9 heteroatoms. The van der Waals surface area contributed by atoms with Crippen LogP contribution in [0.1, 0.15) is 13.3 Å². The van der Waals surface area contributed by atoms with Gasteiger partial charge in [0.15, 0.2) is 5.82 Å². The normalized spacial score (nSPS) is 15.8. The molecule has 6 nitrogen and oxygen atoms in total.